The molecule has 2 aliphatic rings. The summed E-state index contributed by atoms with van der Waals surface area (Å²) in [7, 11) is 0. The lowest BCUT2D eigenvalue weighted by Gasteiger charge is -2.26. The van der Waals surface area contributed by atoms with E-state index in [0.717, 1.165) is 6.42 Å². The Balaban J connectivity index is 2.08. The molecule has 0 spiro atoms. The van der Waals surface area contributed by atoms with Crippen LogP contribution in [0.3, 0.4) is 0 Å². The summed E-state index contributed by atoms with van der Waals surface area (Å²) in [5, 5.41) is 5.62. The number of hydrogen-bond acceptors (Lipinski definition) is 2. The summed E-state index contributed by atoms with van der Waals surface area (Å²) >= 11 is 0. The van der Waals surface area contributed by atoms with Crippen molar-refractivity contribution in [1.29, 1.82) is 0 Å². The van der Waals surface area contributed by atoms with E-state index < -0.39 is 0 Å². The molecule has 0 aromatic rings. The summed E-state index contributed by atoms with van der Waals surface area (Å²) in [4.78, 5) is 24.4. The summed E-state index contributed by atoms with van der Waals surface area (Å²) in [6.45, 7) is 8.05. The molecule has 4 heteroatoms. The Morgan fingerprint density at radius 3 is 1.79 bits per heavy atom. The predicted octanol–water partition coefficient (Wildman–Crippen LogP) is 1.03. The summed E-state index contributed by atoms with van der Waals surface area (Å²) in [5.74, 6) is -0.214. The Bertz CT molecular complexity index is 390. The molecule has 2 amide bonds. The fraction of sp³-hybridized carbons (Fsp3) is 0.467. The molecule has 1 fully saturated rings. The van der Waals surface area contributed by atoms with E-state index in [1.54, 1.807) is 12.2 Å². The zero-order chi connectivity index (χ0) is 13.8. The van der Waals surface area contributed by atoms with E-state index in [-0.39, 0.29) is 35.5 Å². The van der Waals surface area contributed by atoms with Gasteiger partial charge in [0.2, 0.25) is 11.8 Å². The zero-order valence-electron chi connectivity index (χ0n) is 11.0. The van der Waals surface area contributed by atoms with E-state index in [1.165, 1.54) is 0 Å². The third kappa shape index (κ3) is 2.62. The molecule has 2 N–H and O–H groups in total. The van der Waals surface area contributed by atoms with Gasteiger partial charge in [0.1, 0.15) is 0 Å². The predicted molar refractivity (Wildman–Crippen MR) is 74.1 cm³/mol. The topological polar surface area (TPSA) is 58.2 Å². The molecule has 102 valence electrons. The van der Waals surface area contributed by atoms with Gasteiger partial charge in [-0.2, -0.15) is 0 Å². The van der Waals surface area contributed by atoms with Gasteiger partial charge in [-0.25, -0.2) is 0 Å². The van der Waals surface area contributed by atoms with Crippen molar-refractivity contribution in [3.63, 3.8) is 0 Å². The smallest absolute Gasteiger partial charge is 0.224 e. The fourth-order valence-corrected chi connectivity index (χ4v) is 3.12. The number of nitrogens with one attached hydrogen (secondary N) is 2. The second-order valence-electron chi connectivity index (χ2n) is 5.07. The quantitative estimate of drug-likeness (QED) is 0.701. The minimum absolute atomic E-state index is 0.0458. The van der Waals surface area contributed by atoms with Crippen LogP contribution in [0.2, 0.25) is 0 Å². The first-order chi connectivity index (χ1) is 9.19. The molecule has 2 bridgehead atoms. The number of hydrogen-bond donors (Lipinski definition) is 2. The molecule has 4 atom stereocenters. The van der Waals surface area contributed by atoms with E-state index >= 15 is 0 Å². The third-order valence-electron chi connectivity index (χ3n) is 3.91. The van der Waals surface area contributed by atoms with Gasteiger partial charge < -0.3 is 10.6 Å². The third-order valence-corrected chi connectivity index (χ3v) is 3.91. The van der Waals surface area contributed by atoms with Crippen molar-refractivity contribution >= 4 is 11.8 Å². The average Bonchev–Trinajstić information content (AvgIpc) is 3.02. The van der Waals surface area contributed by atoms with Crippen LogP contribution < -0.4 is 10.6 Å². The van der Waals surface area contributed by atoms with Crippen molar-refractivity contribution in [2.45, 2.75) is 6.42 Å². The van der Waals surface area contributed by atoms with Gasteiger partial charge in [0.15, 0.2) is 0 Å². The van der Waals surface area contributed by atoms with E-state index in [4.69, 9.17) is 0 Å². The maximum atomic E-state index is 12.2. The highest BCUT2D eigenvalue weighted by molar-refractivity contribution is 5.89. The van der Waals surface area contributed by atoms with Gasteiger partial charge in [-0.15, -0.1) is 13.2 Å². The molecule has 19 heavy (non-hydrogen) atoms. The number of allylic oxidation sites excluding steroid dienone is 2. The van der Waals surface area contributed by atoms with Crippen molar-refractivity contribution in [2.75, 3.05) is 13.1 Å². The first kappa shape index (κ1) is 13.6. The van der Waals surface area contributed by atoms with Crippen LogP contribution in [0.4, 0.5) is 0 Å². The summed E-state index contributed by atoms with van der Waals surface area (Å²) in [5.41, 5.74) is 0. The first-order valence-corrected chi connectivity index (χ1v) is 6.64. The standard InChI is InChI=1S/C15H20N2O2/c1-3-7-16-14(18)12-10-5-6-11(9-10)13(12)15(19)17-8-4-2/h3-6,10-13H,1-2,7-9H2,(H,16,18)(H,17,19). The highest BCUT2D eigenvalue weighted by atomic mass is 16.2. The van der Waals surface area contributed by atoms with Crippen molar-refractivity contribution in [1.82, 2.24) is 10.6 Å². The van der Waals surface area contributed by atoms with E-state index in [2.05, 4.69) is 35.9 Å². The number of amides is 2. The van der Waals surface area contributed by atoms with Crippen LogP contribution in [0.5, 0.6) is 0 Å². The van der Waals surface area contributed by atoms with E-state index in [0.29, 0.717) is 13.1 Å². The Morgan fingerprint density at radius 1 is 1.00 bits per heavy atom. The largest absolute Gasteiger partial charge is 0.352 e. The molecule has 0 aliphatic heterocycles. The first-order valence-electron chi connectivity index (χ1n) is 6.64. The fourth-order valence-electron chi connectivity index (χ4n) is 3.12. The SMILES string of the molecule is C=CCNC(=O)C1C2C=CC(C2)C1C(=O)NCC=C. The molecule has 2 rings (SSSR count). The van der Waals surface area contributed by atoms with Crippen LogP contribution in [0.1, 0.15) is 6.42 Å². The monoisotopic (exact) mass is 260 g/mol. The molecule has 0 aromatic carbocycles. The van der Waals surface area contributed by atoms with Gasteiger partial charge in [-0.05, 0) is 18.3 Å². The zero-order valence-corrected chi connectivity index (χ0v) is 11.0. The van der Waals surface area contributed by atoms with Crippen molar-refractivity contribution in [3.8, 4) is 0 Å². The minimum Gasteiger partial charge on any atom is -0.352 e. The Morgan fingerprint density at radius 2 is 1.42 bits per heavy atom. The average molecular weight is 260 g/mol. The van der Waals surface area contributed by atoms with E-state index in [1.807, 2.05) is 0 Å². The molecular weight excluding hydrogens is 240 g/mol. The molecule has 1 saturated carbocycles. The van der Waals surface area contributed by atoms with E-state index in [9.17, 15) is 9.59 Å². The lowest BCUT2D eigenvalue weighted by molar-refractivity contribution is -0.135. The van der Waals surface area contributed by atoms with Crippen molar-refractivity contribution < 1.29 is 9.59 Å². The van der Waals surface area contributed by atoms with Crippen LogP contribution in [0.25, 0.3) is 0 Å². The summed E-state index contributed by atoms with van der Waals surface area (Å²) in [6, 6.07) is 0. The second-order valence-corrected chi connectivity index (χ2v) is 5.07. The van der Waals surface area contributed by atoms with Crippen molar-refractivity contribution in [3.05, 3.63) is 37.5 Å². The van der Waals surface area contributed by atoms with Crippen molar-refractivity contribution in [2.24, 2.45) is 23.7 Å². The van der Waals surface area contributed by atoms with Crippen LogP contribution >= 0.6 is 0 Å². The van der Waals surface area contributed by atoms with Gasteiger partial charge in [0.05, 0.1) is 11.8 Å². The molecule has 0 saturated heterocycles. The molecule has 0 aromatic heterocycles. The summed E-state index contributed by atoms with van der Waals surface area (Å²) < 4.78 is 0. The number of carbonyl (C=O) groups excluding carboxylic acids is 2. The minimum atomic E-state index is -0.250. The molecule has 0 radical (unpaired) electrons. The Kier molecular flexibility index (Phi) is 4.20. The Labute approximate surface area is 113 Å². The van der Waals surface area contributed by atoms with Gasteiger partial charge >= 0.3 is 0 Å². The molecule has 0 heterocycles. The summed E-state index contributed by atoms with van der Waals surface area (Å²) in [6.07, 6.45) is 8.33. The second kappa shape index (κ2) is 5.87. The van der Waals surface area contributed by atoms with Gasteiger partial charge in [-0.3, -0.25) is 9.59 Å². The van der Waals surface area contributed by atoms with Gasteiger partial charge in [0.25, 0.3) is 0 Å². The Hall–Kier alpha value is -1.84. The van der Waals surface area contributed by atoms with Gasteiger partial charge in [0, 0.05) is 13.1 Å². The molecule has 4 unspecified atom stereocenters. The molecular formula is C15H20N2O2. The lowest BCUT2D eigenvalue weighted by atomic mass is 9.81. The number of carbonyl (C=O) groups is 2. The molecule has 4 nitrogen and oxygen atoms in total. The highest BCUT2D eigenvalue weighted by Crippen LogP contribution is 2.48. The van der Waals surface area contributed by atoms with Crippen LogP contribution in [-0.2, 0) is 9.59 Å². The van der Waals surface area contributed by atoms with Crippen LogP contribution in [-0.4, -0.2) is 24.9 Å². The highest BCUT2D eigenvalue weighted by Gasteiger charge is 2.51. The number of rotatable bonds is 6. The van der Waals surface area contributed by atoms with Gasteiger partial charge in [-0.1, -0.05) is 24.3 Å². The number of fused-ring (bicyclic) bond motifs is 2. The lowest BCUT2D eigenvalue weighted by Crippen LogP contribution is -2.44. The normalized spacial score (nSPS) is 30.9. The molecule has 2 aliphatic carbocycles. The van der Waals surface area contributed by atoms with Crippen LogP contribution in [0, 0.1) is 23.7 Å². The maximum Gasteiger partial charge on any atom is 0.224 e. The maximum absolute atomic E-state index is 12.2. The van der Waals surface area contributed by atoms with Crippen LogP contribution in [0.15, 0.2) is 37.5 Å².